The maximum absolute atomic E-state index is 11.5. The topological polar surface area (TPSA) is 65.0 Å². The molecule has 0 aromatic heterocycles. The van der Waals surface area contributed by atoms with E-state index in [1.807, 2.05) is 12.1 Å². The van der Waals surface area contributed by atoms with Crippen LogP contribution in [0.25, 0.3) is 6.08 Å². The average Bonchev–Trinajstić information content (AvgIpc) is 2.62. The Morgan fingerprint density at radius 1 is 1.35 bits per heavy atom. The highest BCUT2D eigenvalue weighted by atomic mass is 127. The number of esters is 2. The van der Waals surface area contributed by atoms with Crippen LogP contribution >= 0.6 is 45.2 Å². The second kappa shape index (κ2) is 6.20. The van der Waals surface area contributed by atoms with E-state index in [9.17, 15) is 9.59 Å². The summed E-state index contributed by atoms with van der Waals surface area (Å²) >= 11 is 4.16. The van der Waals surface area contributed by atoms with Gasteiger partial charge in [0, 0.05) is 13.8 Å². The summed E-state index contributed by atoms with van der Waals surface area (Å²) in [6.07, 6.45) is 1.64. The summed E-state index contributed by atoms with van der Waals surface area (Å²) in [5.41, 5.74) is 1.05. The van der Waals surface area contributed by atoms with Crippen molar-refractivity contribution in [3.05, 3.63) is 30.5 Å². The molecule has 0 amide bonds. The number of halogens is 2. The van der Waals surface area contributed by atoms with Crippen LogP contribution in [0.15, 0.2) is 22.8 Å². The van der Waals surface area contributed by atoms with Gasteiger partial charge < -0.3 is 9.47 Å². The Balaban J connectivity index is 2.38. The quantitative estimate of drug-likeness (QED) is 0.273. The molecule has 0 N–H and O–H groups in total. The minimum Gasteiger partial charge on any atom is -0.424 e. The van der Waals surface area contributed by atoms with Gasteiger partial charge in [0.25, 0.3) is 0 Å². The van der Waals surface area contributed by atoms with E-state index in [4.69, 9.17) is 9.47 Å². The van der Waals surface area contributed by atoms with Gasteiger partial charge in [0.05, 0.1) is 7.14 Å². The van der Waals surface area contributed by atoms with E-state index < -0.39 is 5.97 Å². The SMILES string of the molecule is CC(=O)Oc1c(I)cc(/C=C2\N=C(C)OC2=O)cc1I. The van der Waals surface area contributed by atoms with Gasteiger partial charge >= 0.3 is 11.9 Å². The standard InChI is InChI=1S/C13H9I2NO4/c1-6-16-11(13(18)19-6)5-8-3-9(14)12(10(15)4-8)20-7(2)17/h3-5H,1-2H3/b11-5-. The van der Waals surface area contributed by atoms with Crippen molar-refractivity contribution < 1.29 is 19.1 Å². The molecule has 1 aliphatic rings. The van der Waals surface area contributed by atoms with Crippen molar-refractivity contribution in [1.29, 1.82) is 0 Å². The Bertz CT molecular complexity index is 641. The predicted octanol–water partition coefficient (Wildman–Crippen LogP) is 3.14. The van der Waals surface area contributed by atoms with Gasteiger partial charge in [0.15, 0.2) is 17.3 Å². The van der Waals surface area contributed by atoms with Crippen LogP contribution in [0.3, 0.4) is 0 Å². The van der Waals surface area contributed by atoms with E-state index in [0.29, 0.717) is 11.6 Å². The van der Waals surface area contributed by atoms with Crippen molar-refractivity contribution in [1.82, 2.24) is 0 Å². The lowest BCUT2D eigenvalue weighted by molar-refractivity contribution is -0.132. The Labute approximate surface area is 142 Å². The van der Waals surface area contributed by atoms with Crippen molar-refractivity contribution in [3.63, 3.8) is 0 Å². The lowest BCUT2D eigenvalue weighted by Gasteiger charge is -2.08. The maximum Gasteiger partial charge on any atom is 0.363 e. The summed E-state index contributed by atoms with van der Waals surface area (Å²) in [5.74, 6) is 0.0276. The molecule has 1 aromatic carbocycles. The van der Waals surface area contributed by atoms with E-state index in [0.717, 1.165) is 12.7 Å². The molecule has 1 aromatic rings. The van der Waals surface area contributed by atoms with Crippen LogP contribution in [-0.2, 0) is 14.3 Å². The zero-order valence-electron chi connectivity index (χ0n) is 10.6. The van der Waals surface area contributed by atoms with Crippen LogP contribution in [0.1, 0.15) is 19.4 Å². The minimum atomic E-state index is -0.462. The summed E-state index contributed by atoms with van der Waals surface area (Å²) in [6.45, 7) is 2.98. The maximum atomic E-state index is 11.5. The highest BCUT2D eigenvalue weighted by Crippen LogP contribution is 2.30. The number of rotatable bonds is 2. The predicted molar refractivity (Wildman–Crippen MR) is 90.4 cm³/mol. The molecule has 0 spiro atoms. The van der Waals surface area contributed by atoms with E-state index in [1.165, 1.54) is 6.92 Å². The van der Waals surface area contributed by atoms with Crippen molar-refractivity contribution >= 4 is 69.1 Å². The Morgan fingerprint density at radius 3 is 2.40 bits per heavy atom. The number of carbonyl (C=O) groups excluding carboxylic acids is 2. The van der Waals surface area contributed by atoms with Crippen LogP contribution in [0, 0.1) is 7.14 Å². The molecule has 2 rings (SSSR count). The normalized spacial score (nSPS) is 16.1. The largest absolute Gasteiger partial charge is 0.424 e. The van der Waals surface area contributed by atoms with Crippen LogP contribution in [-0.4, -0.2) is 17.8 Å². The molecular weight excluding hydrogens is 488 g/mol. The average molecular weight is 497 g/mol. The number of nitrogens with zero attached hydrogens (tertiary/aromatic N) is 1. The highest BCUT2D eigenvalue weighted by molar-refractivity contribution is 14.1. The number of cyclic esters (lactones) is 1. The summed E-state index contributed by atoms with van der Waals surface area (Å²) < 4.78 is 11.6. The van der Waals surface area contributed by atoms with E-state index >= 15 is 0 Å². The van der Waals surface area contributed by atoms with Crippen LogP contribution in [0.2, 0.25) is 0 Å². The second-order valence-electron chi connectivity index (χ2n) is 3.96. The van der Waals surface area contributed by atoms with Gasteiger partial charge in [-0.3, -0.25) is 4.79 Å². The van der Waals surface area contributed by atoms with Gasteiger partial charge in [-0.25, -0.2) is 9.79 Å². The molecule has 0 unspecified atom stereocenters. The van der Waals surface area contributed by atoms with Gasteiger partial charge in [-0.2, -0.15) is 0 Å². The fraction of sp³-hybridized carbons (Fsp3) is 0.154. The first kappa shape index (κ1) is 15.4. The Morgan fingerprint density at radius 2 is 1.95 bits per heavy atom. The molecule has 0 radical (unpaired) electrons. The number of aliphatic imine (C=N–C) groups is 1. The molecule has 0 saturated carbocycles. The molecule has 0 saturated heterocycles. The molecule has 20 heavy (non-hydrogen) atoms. The number of ether oxygens (including phenoxy) is 2. The Hall–Kier alpha value is -0.970. The number of carbonyl (C=O) groups is 2. The summed E-state index contributed by atoms with van der Waals surface area (Å²) in [6, 6.07) is 3.62. The van der Waals surface area contributed by atoms with Gasteiger partial charge in [-0.15, -0.1) is 0 Å². The molecule has 0 fully saturated rings. The molecule has 1 aliphatic heterocycles. The first-order valence-corrected chi connectivity index (χ1v) is 7.69. The van der Waals surface area contributed by atoms with Crippen LogP contribution in [0.5, 0.6) is 5.75 Å². The third-order valence-corrected chi connectivity index (χ3v) is 3.90. The van der Waals surface area contributed by atoms with Gasteiger partial charge in [0.2, 0.25) is 0 Å². The molecule has 0 atom stereocenters. The van der Waals surface area contributed by atoms with E-state index in [-0.39, 0.29) is 11.7 Å². The lowest BCUT2D eigenvalue weighted by atomic mass is 10.2. The smallest absolute Gasteiger partial charge is 0.363 e. The Kier molecular flexibility index (Phi) is 4.78. The third-order valence-electron chi connectivity index (χ3n) is 2.30. The fourth-order valence-electron chi connectivity index (χ4n) is 1.58. The third kappa shape index (κ3) is 3.57. The molecule has 7 heteroatoms. The van der Waals surface area contributed by atoms with Gasteiger partial charge in [-0.05, 0) is 69.0 Å². The van der Waals surface area contributed by atoms with Gasteiger partial charge in [-0.1, -0.05) is 0 Å². The molecule has 0 aliphatic carbocycles. The molecule has 104 valence electrons. The summed E-state index contributed by atoms with van der Waals surface area (Å²) in [5, 5.41) is 0. The second-order valence-corrected chi connectivity index (χ2v) is 6.28. The fourth-order valence-corrected chi connectivity index (χ4v) is 3.61. The minimum absolute atomic E-state index is 0.259. The van der Waals surface area contributed by atoms with Crippen molar-refractivity contribution in [2.24, 2.45) is 4.99 Å². The van der Waals surface area contributed by atoms with E-state index in [2.05, 4.69) is 50.2 Å². The number of hydrogen-bond acceptors (Lipinski definition) is 5. The van der Waals surface area contributed by atoms with Crippen molar-refractivity contribution in [2.75, 3.05) is 0 Å². The first-order chi connectivity index (χ1) is 9.36. The monoisotopic (exact) mass is 497 g/mol. The molecule has 0 bridgehead atoms. The van der Waals surface area contributed by atoms with Crippen LogP contribution < -0.4 is 4.74 Å². The zero-order valence-corrected chi connectivity index (χ0v) is 14.9. The number of benzene rings is 1. The lowest BCUT2D eigenvalue weighted by Crippen LogP contribution is -2.05. The van der Waals surface area contributed by atoms with Crippen molar-refractivity contribution in [2.45, 2.75) is 13.8 Å². The first-order valence-electron chi connectivity index (χ1n) is 5.53. The summed E-state index contributed by atoms with van der Waals surface area (Å²) in [4.78, 5) is 26.5. The summed E-state index contributed by atoms with van der Waals surface area (Å²) in [7, 11) is 0. The van der Waals surface area contributed by atoms with Crippen LogP contribution in [0.4, 0.5) is 0 Å². The highest BCUT2D eigenvalue weighted by Gasteiger charge is 2.20. The molecule has 5 nitrogen and oxygen atoms in total. The molecule has 1 heterocycles. The molecular formula is C13H9I2NO4. The van der Waals surface area contributed by atoms with Gasteiger partial charge in [0.1, 0.15) is 0 Å². The zero-order chi connectivity index (χ0) is 14.9. The number of hydrogen-bond donors (Lipinski definition) is 0. The van der Waals surface area contributed by atoms with Crippen molar-refractivity contribution in [3.8, 4) is 5.75 Å². The van der Waals surface area contributed by atoms with E-state index in [1.54, 1.807) is 13.0 Å².